The second-order valence-electron chi connectivity index (χ2n) is 3.58. The van der Waals surface area contributed by atoms with Crippen LogP contribution in [0.5, 0.6) is 0 Å². The van der Waals surface area contributed by atoms with Crippen molar-refractivity contribution in [3.8, 4) is 0 Å². The number of benzene rings is 1. The van der Waals surface area contributed by atoms with Gasteiger partial charge in [-0.1, -0.05) is 24.3 Å². The van der Waals surface area contributed by atoms with Gasteiger partial charge in [0.2, 0.25) is 0 Å². The van der Waals surface area contributed by atoms with Gasteiger partial charge in [0.1, 0.15) is 0 Å². The summed E-state index contributed by atoms with van der Waals surface area (Å²) in [4.78, 5) is 0. The van der Waals surface area contributed by atoms with Crippen molar-refractivity contribution in [1.82, 2.24) is 0 Å². The van der Waals surface area contributed by atoms with Gasteiger partial charge in [-0.2, -0.15) is 0 Å². The minimum atomic E-state index is 0.565. The highest BCUT2D eigenvalue weighted by Gasteiger charge is 2.16. The Hall–Kier alpha value is -0.820. The Morgan fingerprint density at radius 1 is 1.31 bits per heavy atom. The average molecular weight is 175 g/mol. The van der Waals surface area contributed by atoms with E-state index < -0.39 is 0 Å². The molecule has 2 rings (SSSR count). The molecule has 69 valence electrons. The lowest BCUT2D eigenvalue weighted by atomic mass is 9.96. The van der Waals surface area contributed by atoms with E-state index in [4.69, 9.17) is 4.74 Å². The quantitative estimate of drug-likeness (QED) is 0.683. The lowest BCUT2D eigenvalue weighted by Crippen LogP contribution is -2.22. The fraction of sp³-hybridized carbons (Fsp3) is 0.500. The number of rotatable bonds is 4. The van der Waals surface area contributed by atoms with Crippen LogP contribution < -0.4 is 0 Å². The molecule has 0 amide bonds. The van der Waals surface area contributed by atoms with Crippen LogP contribution in [0.3, 0.4) is 0 Å². The predicted molar refractivity (Wildman–Crippen MR) is 52.6 cm³/mol. The van der Waals surface area contributed by atoms with Crippen LogP contribution in [0.2, 0.25) is 0 Å². The van der Waals surface area contributed by atoms with Crippen molar-refractivity contribution in [3.63, 3.8) is 0 Å². The smallest absolute Gasteiger partial charge is 0.0575 e. The van der Waals surface area contributed by atoms with Crippen LogP contribution in [0.1, 0.15) is 24.8 Å². The van der Waals surface area contributed by atoms with Gasteiger partial charge >= 0.3 is 0 Å². The summed E-state index contributed by atoms with van der Waals surface area (Å²) in [5.41, 5.74) is 1.35. The molecule has 0 aliphatic heterocycles. The van der Waals surface area contributed by atoms with E-state index in [1.807, 2.05) is 12.1 Å². The van der Waals surface area contributed by atoms with E-state index in [2.05, 4.69) is 18.2 Å². The average Bonchev–Trinajstić information content (AvgIpc) is 2.11. The zero-order valence-corrected chi connectivity index (χ0v) is 7.83. The van der Waals surface area contributed by atoms with Crippen LogP contribution >= 0.6 is 0 Å². The van der Waals surface area contributed by atoms with E-state index in [-0.39, 0.29) is 0 Å². The summed E-state index contributed by atoms with van der Waals surface area (Å²) in [6, 6.07) is 11.1. The zero-order chi connectivity index (χ0) is 8.93. The monoisotopic (exact) mass is 175 g/mol. The molecular weight excluding hydrogens is 160 g/mol. The normalized spacial score (nSPS) is 16.9. The van der Waals surface area contributed by atoms with Crippen molar-refractivity contribution in [1.29, 1.82) is 0 Å². The number of ether oxygens (including phenoxy) is 1. The van der Waals surface area contributed by atoms with Gasteiger partial charge in [0.05, 0.1) is 12.7 Å². The molecule has 1 radical (unpaired) electrons. The molecule has 1 nitrogen and oxygen atoms in total. The first kappa shape index (κ1) is 8.76. The molecule has 0 aromatic heterocycles. The largest absolute Gasteiger partial charge is 0.378 e. The summed E-state index contributed by atoms with van der Waals surface area (Å²) < 4.78 is 5.67. The van der Waals surface area contributed by atoms with Gasteiger partial charge in [0, 0.05) is 0 Å². The molecule has 0 N–H and O–H groups in total. The zero-order valence-electron chi connectivity index (χ0n) is 7.83. The minimum absolute atomic E-state index is 0.565. The first-order valence-electron chi connectivity index (χ1n) is 5.02. The second kappa shape index (κ2) is 4.43. The van der Waals surface area contributed by atoms with Crippen LogP contribution in [0.25, 0.3) is 0 Å². The summed E-state index contributed by atoms with van der Waals surface area (Å²) in [6.07, 6.45) is 5.48. The Kier molecular flexibility index (Phi) is 2.98. The lowest BCUT2D eigenvalue weighted by Gasteiger charge is -2.25. The summed E-state index contributed by atoms with van der Waals surface area (Å²) in [6.45, 7) is 0.870. The first-order chi connectivity index (χ1) is 6.45. The van der Waals surface area contributed by atoms with E-state index >= 15 is 0 Å². The Morgan fingerprint density at radius 3 is 2.69 bits per heavy atom. The highest BCUT2D eigenvalue weighted by atomic mass is 16.5. The van der Waals surface area contributed by atoms with E-state index in [0.717, 1.165) is 13.0 Å². The van der Waals surface area contributed by atoms with Gasteiger partial charge in [-0.25, -0.2) is 0 Å². The standard InChI is InChI=1S/C12H15O/c1-2-5-11(6-3-1)9-10-13-12-7-4-8-12/h2-3,5-6,12H,4,7-10H2. The second-order valence-corrected chi connectivity index (χ2v) is 3.58. The van der Waals surface area contributed by atoms with Crippen LogP contribution in [0.4, 0.5) is 0 Å². The summed E-state index contributed by atoms with van der Waals surface area (Å²) in [5, 5.41) is 0. The van der Waals surface area contributed by atoms with Crippen molar-refractivity contribution in [2.24, 2.45) is 0 Å². The van der Waals surface area contributed by atoms with Crippen molar-refractivity contribution in [2.45, 2.75) is 31.8 Å². The third-order valence-corrected chi connectivity index (χ3v) is 2.58. The van der Waals surface area contributed by atoms with Crippen LogP contribution in [-0.4, -0.2) is 12.7 Å². The molecule has 0 spiro atoms. The molecule has 0 atom stereocenters. The van der Waals surface area contributed by atoms with E-state index in [9.17, 15) is 0 Å². The Morgan fingerprint density at radius 2 is 2.08 bits per heavy atom. The van der Waals surface area contributed by atoms with Gasteiger partial charge in [-0.15, -0.1) is 0 Å². The molecule has 1 aromatic rings. The summed E-state index contributed by atoms with van der Waals surface area (Å²) in [7, 11) is 0. The van der Waals surface area contributed by atoms with Gasteiger partial charge in [0.25, 0.3) is 0 Å². The highest BCUT2D eigenvalue weighted by molar-refractivity contribution is 5.13. The Bertz CT molecular complexity index is 239. The molecule has 1 heteroatoms. The maximum absolute atomic E-state index is 5.67. The Labute approximate surface area is 79.7 Å². The van der Waals surface area contributed by atoms with Crippen LogP contribution in [-0.2, 0) is 11.2 Å². The fourth-order valence-corrected chi connectivity index (χ4v) is 1.47. The van der Waals surface area contributed by atoms with E-state index in [1.54, 1.807) is 0 Å². The molecule has 1 saturated carbocycles. The van der Waals surface area contributed by atoms with Crippen molar-refractivity contribution >= 4 is 0 Å². The molecule has 1 aliphatic rings. The molecule has 0 unspecified atom stereocenters. The maximum atomic E-state index is 5.67. The lowest BCUT2D eigenvalue weighted by molar-refractivity contribution is 0.00413. The number of hydrogen-bond acceptors (Lipinski definition) is 1. The van der Waals surface area contributed by atoms with E-state index in [0.29, 0.717) is 6.10 Å². The Balaban J connectivity index is 1.67. The first-order valence-corrected chi connectivity index (χ1v) is 5.02. The van der Waals surface area contributed by atoms with Crippen molar-refractivity contribution in [3.05, 3.63) is 35.9 Å². The van der Waals surface area contributed by atoms with Crippen molar-refractivity contribution in [2.75, 3.05) is 6.61 Å². The molecule has 13 heavy (non-hydrogen) atoms. The van der Waals surface area contributed by atoms with E-state index in [1.165, 1.54) is 24.8 Å². The maximum Gasteiger partial charge on any atom is 0.0575 e. The summed E-state index contributed by atoms with van der Waals surface area (Å²) in [5.74, 6) is 0. The third kappa shape index (κ3) is 2.56. The molecule has 0 heterocycles. The summed E-state index contributed by atoms with van der Waals surface area (Å²) >= 11 is 0. The van der Waals surface area contributed by atoms with Crippen molar-refractivity contribution < 1.29 is 4.74 Å². The molecule has 0 bridgehead atoms. The van der Waals surface area contributed by atoms with Crippen LogP contribution in [0.15, 0.2) is 24.3 Å². The third-order valence-electron chi connectivity index (χ3n) is 2.58. The van der Waals surface area contributed by atoms with Gasteiger partial charge in [0.15, 0.2) is 0 Å². The molecular formula is C12H15O. The minimum Gasteiger partial charge on any atom is -0.378 e. The molecule has 1 fully saturated rings. The predicted octanol–water partition coefficient (Wildman–Crippen LogP) is 2.60. The molecule has 0 saturated heterocycles. The topological polar surface area (TPSA) is 9.23 Å². The van der Waals surface area contributed by atoms with Gasteiger partial charge in [-0.3, -0.25) is 0 Å². The van der Waals surface area contributed by atoms with Gasteiger partial charge < -0.3 is 4.74 Å². The highest BCUT2D eigenvalue weighted by Crippen LogP contribution is 2.21. The fourth-order valence-electron chi connectivity index (χ4n) is 1.47. The number of hydrogen-bond donors (Lipinski definition) is 0. The molecule has 1 aromatic carbocycles. The van der Waals surface area contributed by atoms with Gasteiger partial charge in [-0.05, 0) is 37.3 Å². The SMILES string of the molecule is [c]1ccc(CCOC2CCC2)cc1. The van der Waals surface area contributed by atoms with Crippen LogP contribution in [0, 0.1) is 6.07 Å². The molecule has 1 aliphatic carbocycles.